The normalized spacial score (nSPS) is 12.7. The van der Waals surface area contributed by atoms with Crippen molar-refractivity contribution < 1.29 is 58.9 Å². The number of aryl methyl sites for hydroxylation is 2. The van der Waals surface area contributed by atoms with Gasteiger partial charge in [0.1, 0.15) is 11.5 Å². The van der Waals surface area contributed by atoms with Crippen molar-refractivity contribution in [3.63, 3.8) is 0 Å². The van der Waals surface area contributed by atoms with Gasteiger partial charge in [-0.05, 0) is 67.0 Å². The van der Waals surface area contributed by atoms with Gasteiger partial charge in [0.25, 0.3) is 6.43 Å². The largest absolute Gasteiger partial charge is 0.507 e. The highest BCUT2D eigenvalue weighted by molar-refractivity contribution is 6.14. The van der Waals surface area contributed by atoms with Crippen LogP contribution in [0, 0.1) is 13.8 Å². The molecule has 14 heteroatoms. The molecule has 0 radical (unpaired) electrons. The van der Waals surface area contributed by atoms with Crippen molar-refractivity contribution in [1.29, 1.82) is 0 Å². The van der Waals surface area contributed by atoms with Crippen LogP contribution in [-0.2, 0) is 4.79 Å². The molecule has 4 aromatic carbocycles. The number of rotatable bonds is 10. The molecule has 4 rings (SSSR count). The lowest BCUT2D eigenvalue weighted by molar-refractivity contribution is -0.150. The molecular formula is C36H42F2N2O10. The maximum absolute atomic E-state index is 12.1. The van der Waals surface area contributed by atoms with E-state index in [9.17, 15) is 53.8 Å². The number of aliphatic carboxylic acids is 1. The minimum Gasteiger partial charge on any atom is -0.507 e. The van der Waals surface area contributed by atoms with Crippen LogP contribution < -0.4 is 11.5 Å². The van der Waals surface area contributed by atoms with E-state index in [-0.39, 0.29) is 64.2 Å². The van der Waals surface area contributed by atoms with Gasteiger partial charge in [-0.3, -0.25) is 9.59 Å². The monoisotopic (exact) mass is 700 g/mol. The van der Waals surface area contributed by atoms with Crippen LogP contribution in [-0.4, -0.2) is 72.8 Å². The number of phenols is 6. The Hall–Kier alpha value is -5.21. The predicted molar refractivity (Wildman–Crippen MR) is 184 cm³/mol. The molecule has 0 saturated heterocycles. The maximum atomic E-state index is 12.1. The zero-order chi connectivity index (χ0) is 38.2. The molecule has 0 amide bonds. The zero-order valence-corrected chi connectivity index (χ0v) is 28.4. The number of carbonyl (C=O) groups is 3. The molecule has 0 bridgehead atoms. The number of hydrogen-bond donors (Lipinski definition) is 9. The van der Waals surface area contributed by atoms with Crippen LogP contribution in [0.3, 0.4) is 0 Å². The van der Waals surface area contributed by atoms with Crippen LogP contribution in [0.2, 0.25) is 0 Å². The predicted octanol–water partition coefficient (Wildman–Crippen LogP) is 6.15. The fraction of sp³-hybridized carbons (Fsp3) is 0.361. The number of carbonyl (C=O) groups excluding carboxylic acids is 2. The van der Waals surface area contributed by atoms with E-state index in [4.69, 9.17) is 16.6 Å². The van der Waals surface area contributed by atoms with Crippen molar-refractivity contribution >= 4 is 40.1 Å². The number of benzene rings is 4. The second kappa shape index (κ2) is 14.7. The molecule has 12 nitrogen and oxygen atoms in total. The minimum atomic E-state index is -3.07. The summed E-state index contributed by atoms with van der Waals surface area (Å²) in [5.41, 5.74) is 8.89. The van der Waals surface area contributed by atoms with Gasteiger partial charge >= 0.3 is 5.97 Å². The molecule has 0 fully saturated rings. The molecule has 1 unspecified atom stereocenters. The smallest absolute Gasteiger partial charge is 0.329 e. The summed E-state index contributed by atoms with van der Waals surface area (Å²) in [6.07, 6.45) is -2.52. The molecule has 50 heavy (non-hydrogen) atoms. The van der Waals surface area contributed by atoms with Gasteiger partial charge < -0.3 is 47.2 Å². The number of halogens is 2. The summed E-state index contributed by atoms with van der Waals surface area (Å²) in [6, 6.07) is 3.31. The van der Waals surface area contributed by atoms with Crippen LogP contribution in [0.25, 0.3) is 32.7 Å². The molecular weight excluding hydrogens is 658 g/mol. The van der Waals surface area contributed by atoms with E-state index in [0.717, 1.165) is 0 Å². The minimum absolute atomic E-state index is 0.00512. The molecule has 11 N–H and O–H groups in total. The third-order valence-electron chi connectivity index (χ3n) is 8.81. The lowest BCUT2D eigenvalue weighted by Crippen LogP contribution is -2.54. The number of phenolic OH excluding ortho intramolecular Hbond substituents is 6. The van der Waals surface area contributed by atoms with Crippen LogP contribution in [0.1, 0.15) is 95.3 Å². The van der Waals surface area contributed by atoms with E-state index in [1.54, 1.807) is 53.7 Å². The Kier molecular flexibility index (Phi) is 11.6. The lowest BCUT2D eigenvalue weighted by atomic mass is 9.83. The third kappa shape index (κ3) is 6.43. The van der Waals surface area contributed by atoms with Crippen molar-refractivity contribution in [2.45, 2.75) is 78.2 Å². The number of aromatic hydroxyl groups is 6. The second-order valence-electron chi connectivity index (χ2n) is 12.8. The van der Waals surface area contributed by atoms with Crippen molar-refractivity contribution in [1.82, 2.24) is 0 Å². The van der Waals surface area contributed by atoms with Gasteiger partial charge in [-0.2, -0.15) is 0 Å². The molecule has 0 aromatic heterocycles. The Morgan fingerprint density at radius 2 is 1.10 bits per heavy atom. The number of carboxylic acids is 1. The van der Waals surface area contributed by atoms with Gasteiger partial charge in [-0.15, -0.1) is 0 Å². The van der Waals surface area contributed by atoms with Gasteiger partial charge in [-0.25, -0.2) is 13.6 Å². The number of alkyl halides is 2. The first-order chi connectivity index (χ1) is 23.2. The lowest BCUT2D eigenvalue weighted by Gasteiger charge is -2.23. The highest BCUT2D eigenvalue weighted by Gasteiger charge is 2.43. The fourth-order valence-electron chi connectivity index (χ4n) is 6.31. The number of nitrogens with two attached hydrogens (primary N) is 2. The summed E-state index contributed by atoms with van der Waals surface area (Å²) in [7, 11) is 0. The highest BCUT2D eigenvalue weighted by Crippen LogP contribution is 2.54. The van der Waals surface area contributed by atoms with Crippen LogP contribution >= 0.6 is 0 Å². The SMILES string of the molecule is Cc1cc2c(C(C)C)c(O)c(O)c(C=O)c2c(O)c1-c1c(C)cc2c(C(C)C)c(O)c(O)c(C=O)c2c1O.NCCCC(N)(C(=O)O)C(F)F. The Labute approximate surface area is 286 Å². The van der Waals surface area contributed by atoms with Crippen LogP contribution in [0.15, 0.2) is 12.1 Å². The van der Waals surface area contributed by atoms with Crippen LogP contribution in [0.4, 0.5) is 8.78 Å². The quantitative estimate of drug-likeness (QED) is 0.0667. The van der Waals surface area contributed by atoms with E-state index in [0.29, 0.717) is 45.6 Å². The Bertz CT molecular complexity index is 1890. The molecule has 0 aliphatic heterocycles. The maximum Gasteiger partial charge on any atom is 0.329 e. The van der Waals surface area contributed by atoms with Gasteiger partial charge in [0.15, 0.2) is 41.1 Å². The van der Waals surface area contributed by atoms with E-state index in [2.05, 4.69) is 0 Å². The van der Waals surface area contributed by atoms with Gasteiger partial charge in [-0.1, -0.05) is 39.8 Å². The van der Waals surface area contributed by atoms with Gasteiger partial charge in [0, 0.05) is 33.0 Å². The standard InChI is InChI=1S/C30H30O8.C6H12F2N2O2/c1-11(2)19-15-7-13(5)21(27(35)23(15)17(9-31)25(33)29(19)37)22-14(6)8-16-20(12(3)4)30(38)26(34)18(10-32)24(16)28(22)36;7-4(8)6(10,5(11)12)2-1-3-9/h7-12,33-38H,1-6H3;4H,1-3,9-10H2,(H,11,12). The fourth-order valence-corrected chi connectivity index (χ4v) is 6.31. The van der Waals surface area contributed by atoms with E-state index >= 15 is 0 Å². The highest BCUT2D eigenvalue weighted by atomic mass is 19.3. The molecule has 0 saturated carbocycles. The van der Waals surface area contributed by atoms with Gasteiger partial charge in [0.05, 0.1) is 11.1 Å². The van der Waals surface area contributed by atoms with E-state index in [1.807, 2.05) is 0 Å². The number of aldehydes is 2. The summed E-state index contributed by atoms with van der Waals surface area (Å²) >= 11 is 0. The first-order valence-corrected chi connectivity index (χ1v) is 15.6. The summed E-state index contributed by atoms with van der Waals surface area (Å²) in [6.45, 7) is 10.7. The first-order valence-electron chi connectivity index (χ1n) is 15.6. The number of carboxylic acid groups (broad SMARTS) is 1. The number of fused-ring (bicyclic) bond motifs is 2. The Balaban J connectivity index is 0.000000482. The van der Waals surface area contributed by atoms with Crippen molar-refractivity contribution in [2.75, 3.05) is 6.54 Å². The average molecular weight is 701 g/mol. The van der Waals surface area contributed by atoms with Crippen molar-refractivity contribution in [2.24, 2.45) is 11.5 Å². The zero-order valence-electron chi connectivity index (χ0n) is 28.4. The average Bonchev–Trinajstić information content (AvgIpc) is 3.03. The van der Waals surface area contributed by atoms with Gasteiger partial charge in [0.2, 0.25) is 0 Å². The summed E-state index contributed by atoms with van der Waals surface area (Å²) in [5.74, 6) is -5.26. The Morgan fingerprint density at radius 3 is 1.36 bits per heavy atom. The van der Waals surface area contributed by atoms with E-state index < -0.39 is 52.4 Å². The topological polar surface area (TPSA) is 245 Å². The number of hydrogen-bond acceptors (Lipinski definition) is 11. The molecule has 1 atom stereocenters. The molecule has 4 aromatic rings. The first kappa shape index (κ1) is 39.2. The molecule has 0 aliphatic rings. The molecule has 0 aliphatic carbocycles. The van der Waals surface area contributed by atoms with Crippen molar-refractivity contribution in [3.8, 4) is 45.6 Å². The van der Waals surface area contributed by atoms with Crippen molar-refractivity contribution in [3.05, 3.63) is 45.5 Å². The Morgan fingerprint density at radius 1 is 0.740 bits per heavy atom. The second-order valence-corrected chi connectivity index (χ2v) is 12.8. The van der Waals surface area contributed by atoms with Crippen LogP contribution in [0.5, 0.6) is 34.5 Å². The molecule has 270 valence electrons. The van der Waals surface area contributed by atoms with E-state index in [1.165, 1.54) is 0 Å². The third-order valence-corrected chi connectivity index (χ3v) is 8.81. The summed E-state index contributed by atoms with van der Waals surface area (Å²) in [5, 5.41) is 74.8. The molecule has 0 heterocycles. The summed E-state index contributed by atoms with van der Waals surface area (Å²) < 4.78 is 24.2. The molecule has 0 spiro atoms. The summed E-state index contributed by atoms with van der Waals surface area (Å²) in [4.78, 5) is 34.3.